The molecule has 0 radical (unpaired) electrons. The van der Waals surface area contributed by atoms with E-state index in [1.165, 1.54) is 11.1 Å². The van der Waals surface area contributed by atoms with E-state index < -0.39 is 0 Å². The molecule has 1 aliphatic heterocycles. The highest BCUT2D eigenvalue weighted by Crippen LogP contribution is 2.20. The molecule has 0 spiro atoms. The molecule has 1 N–H and O–H groups in total. The summed E-state index contributed by atoms with van der Waals surface area (Å²) in [6.45, 7) is 2.18. The van der Waals surface area contributed by atoms with Crippen LogP contribution in [0.3, 0.4) is 0 Å². The van der Waals surface area contributed by atoms with Crippen molar-refractivity contribution in [2.24, 2.45) is 0 Å². The number of hydrogen-bond donors (Lipinski definition) is 1. The van der Waals surface area contributed by atoms with E-state index >= 15 is 0 Å². The average molecular weight is 346 g/mol. The highest BCUT2D eigenvalue weighted by Gasteiger charge is 2.20. The Morgan fingerprint density at radius 1 is 1.00 bits per heavy atom. The summed E-state index contributed by atoms with van der Waals surface area (Å²) in [5.41, 5.74) is 4.69. The fourth-order valence-electron chi connectivity index (χ4n) is 3.34. The van der Waals surface area contributed by atoms with Crippen molar-refractivity contribution in [2.75, 3.05) is 11.9 Å². The van der Waals surface area contributed by atoms with E-state index in [-0.39, 0.29) is 5.91 Å². The Labute approximate surface area is 153 Å². The van der Waals surface area contributed by atoms with Crippen LogP contribution in [0.2, 0.25) is 0 Å². The molecule has 4 rings (SSSR count). The monoisotopic (exact) mass is 346 g/mol. The molecule has 0 unspecified atom stereocenters. The highest BCUT2D eigenvalue weighted by atomic mass is 16.3. The van der Waals surface area contributed by atoms with Gasteiger partial charge in [-0.05, 0) is 47.4 Å². The lowest BCUT2D eigenvalue weighted by atomic mass is 9.99. The zero-order chi connectivity index (χ0) is 17.8. The SMILES string of the molecule is O=C(Cc1ccc(NCc2ccco2)cc1)N1CCc2ccccc2C1. The van der Waals surface area contributed by atoms with Crippen LogP contribution < -0.4 is 5.32 Å². The minimum atomic E-state index is 0.191. The summed E-state index contributed by atoms with van der Waals surface area (Å²) in [6, 6.07) is 20.3. The van der Waals surface area contributed by atoms with Gasteiger partial charge in [-0.15, -0.1) is 0 Å². The molecule has 0 atom stereocenters. The quantitative estimate of drug-likeness (QED) is 0.759. The average Bonchev–Trinajstić information content (AvgIpc) is 3.21. The maximum atomic E-state index is 12.6. The summed E-state index contributed by atoms with van der Waals surface area (Å²) < 4.78 is 5.31. The predicted molar refractivity (Wildman–Crippen MR) is 102 cm³/mol. The zero-order valence-electron chi connectivity index (χ0n) is 14.7. The first-order chi connectivity index (χ1) is 12.8. The largest absolute Gasteiger partial charge is 0.467 e. The van der Waals surface area contributed by atoms with Crippen molar-refractivity contribution in [3.63, 3.8) is 0 Å². The van der Waals surface area contributed by atoms with E-state index in [0.717, 1.165) is 36.5 Å². The molecule has 1 amide bonds. The Morgan fingerprint density at radius 2 is 1.81 bits per heavy atom. The Kier molecular flexibility index (Phi) is 4.73. The normalized spacial score (nSPS) is 13.3. The minimum Gasteiger partial charge on any atom is -0.467 e. The van der Waals surface area contributed by atoms with Gasteiger partial charge in [-0.1, -0.05) is 36.4 Å². The van der Waals surface area contributed by atoms with Crippen molar-refractivity contribution in [1.29, 1.82) is 0 Å². The highest BCUT2D eigenvalue weighted by molar-refractivity contribution is 5.79. The van der Waals surface area contributed by atoms with Gasteiger partial charge in [-0.3, -0.25) is 4.79 Å². The first kappa shape index (κ1) is 16.5. The summed E-state index contributed by atoms with van der Waals surface area (Å²) in [4.78, 5) is 14.6. The van der Waals surface area contributed by atoms with Crippen LogP contribution in [0.4, 0.5) is 5.69 Å². The summed E-state index contributed by atoms with van der Waals surface area (Å²) in [6.07, 6.45) is 3.06. The van der Waals surface area contributed by atoms with Crippen molar-refractivity contribution in [3.8, 4) is 0 Å². The zero-order valence-corrected chi connectivity index (χ0v) is 14.7. The molecule has 0 saturated heterocycles. The number of nitrogens with zero attached hydrogens (tertiary/aromatic N) is 1. The molecule has 4 nitrogen and oxygen atoms in total. The summed E-state index contributed by atoms with van der Waals surface area (Å²) >= 11 is 0. The van der Waals surface area contributed by atoms with Gasteiger partial charge in [0.2, 0.25) is 5.91 Å². The molecule has 0 bridgehead atoms. The molecular weight excluding hydrogens is 324 g/mol. The molecular formula is C22H22N2O2. The second-order valence-electron chi connectivity index (χ2n) is 6.64. The summed E-state index contributed by atoms with van der Waals surface area (Å²) in [5.74, 6) is 1.09. The second-order valence-corrected chi connectivity index (χ2v) is 6.64. The third kappa shape index (κ3) is 3.80. The third-order valence-electron chi connectivity index (χ3n) is 4.84. The van der Waals surface area contributed by atoms with Crippen LogP contribution in [-0.4, -0.2) is 17.4 Å². The summed E-state index contributed by atoms with van der Waals surface area (Å²) in [7, 11) is 0. The van der Waals surface area contributed by atoms with Crippen molar-refractivity contribution in [1.82, 2.24) is 4.90 Å². The van der Waals surface area contributed by atoms with Gasteiger partial charge >= 0.3 is 0 Å². The topological polar surface area (TPSA) is 45.5 Å². The molecule has 0 saturated carbocycles. The Morgan fingerprint density at radius 3 is 2.58 bits per heavy atom. The van der Waals surface area contributed by atoms with E-state index in [1.807, 2.05) is 47.4 Å². The fraction of sp³-hybridized carbons (Fsp3) is 0.227. The Balaban J connectivity index is 1.33. The number of fused-ring (bicyclic) bond motifs is 1. The van der Waals surface area contributed by atoms with Crippen molar-refractivity contribution in [3.05, 3.63) is 89.4 Å². The second kappa shape index (κ2) is 7.48. The van der Waals surface area contributed by atoms with Gasteiger partial charge < -0.3 is 14.6 Å². The number of nitrogens with one attached hydrogen (secondary N) is 1. The molecule has 1 aliphatic rings. The van der Waals surface area contributed by atoms with Gasteiger partial charge in [0.15, 0.2) is 0 Å². The lowest BCUT2D eigenvalue weighted by Gasteiger charge is -2.29. The fourth-order valence-corrected chi connectivity index (χ4v) is 3.34. The lowest BCUT2D eigenvalue weighted by molar-refractivity contribution is -0.131. The number of furan rings is 1. The van der Waals surface area contributed by atoms with Crippen molar-refractivity contribution < 1.29 is 9.21 Å². The summed E-state index contributed by atoms with van der Waals surface area (Å²) in [5, 5.41) is 3.31. The standard InChI is InChI=1S/C22H22N2O2/c25-22(24-12-11-18-4-1-2-5-19(18)16-24)14-17-7-9-20(10-8-17)23-15-21-6-3-13-26-21/h1-10,13,23H,11-12,14-16H2. The molecule has 3 aromatic rings. The first-order valence-corrected chi connectivity index (χ1v) is 8.98. The number of benzene rings is 2. The van der Waals surface area contributed by atoms with Gasteiger partial charge in [-0.2, -0.15) is 0 Å². The van der Waals surface area contributed by atoms with Gasteiger partial charge in [-0.25, -0.2) is 0 Å². The van der Waals surface area contributed by atoms with E-state index in [2.05, 4.69) is 23.5 Å². The first-order valence-electron chi connectivity index (χ1n) is 8.98. The lowest BCUT2D eigenvalue weighted by Crippen LogP contribution is -2.36. The van der Waals surface area contributed by atoms with Crippen LogP contribution >= 0.6 is 0 Å². The number of amides is 1. The molecule has 2 aromatic carbocycles. The van der Waals surface area contributed by atoms with Gasteiger partial charge in [0.1, 0.15) is 5.76 Å². The van der Waals surface area contributed by atoms with Crippen LogP contribution in [0.15, 0.2) is 71.3 Å². The van der Waals surface area contributed by atoms with Crippen LogP contribution in [0.1, 0.15) is 22.5 Å². The number of anilines is 1. The molecule has 4 heteroatoms. The number of carbonyl (C=O) groups excluding carboxylic acids is 1. The predicted octanol–water partition coefficient (Wildman–Crippen LogP) is 4.02. The molecule has 0 aliphatic carbocycles. The van der Waals surface area contributed by atoms with Gasteiger partial charge in [0, 0.05) is 18.8 Å². The van der Waals surface area contributed by atoms with Crippen LogP contribution in [0.5, 0.6) is 0 Å². The molecule has 2 heterocycles. The van der Waals surface area contributed by atoms with Crippen molar-refractivity contribution >= 4 is 11.6 Å². The van der Waals surface area contributed by atoms with Gasteiger partial charge in [0.05, 0.1) is 19.2 Å². The molecule has 132 valence electrons. The van der Waals surface area contributed by atoms with E-state index in [1.54, 1.807) is 6.26 Å². The Bertz CT molecular complexity index is 869. The maximum Gasteiger partial charge on any atom is 0.227 e. The molecule has 0 fully saturated rings. The van der Waals surface area contributed by atoms with E-state index in [4.69, 9.17) is 4.42 Å². The smallest absolute Gasteiger partial charge is 0.227 e. The number of hydrogen-bond acceptors (Lipinski definition) is 3. The van der Waals surface area contributed by atoms with Crippen LogP contribution in [0, 0.1) is 0 Å². The maximum absolute atomic E-state index is 12.6. The van der Waals surface area contributed by atoms with Crippen molar-refractivity contribution in [2.45, 2.75) is 25.9 Å². The van der Waals surface area contributed by atoms with Crippen LogP contribution in [0.25, 0.3) is 0 Å². The number of carbonyl (C=O) groups is 1. The van der Waals surface area contributed by atoms with E-state index in [0.29, 0.717) is 13.0 Å². The Hall–Kier alpha value is -3.01. The molecule has 26 heavy (non-hydrogen) atoms. The van der Waals surface area contributed by atoms with E-state index in [9.17, 15) is 4.79 Å². The van der Waals surface area contributed by atoms with Gasteiger partial charge in [0.25, 0.3) is 0 Å². The minimum absolute atomic E-state index is 0.191. The van der Waals surface area contributed by atoms with Crippen LogP contribution in [-0.2, 0) is 30.7 Å². The third-order valence-corrected chi connectivity index (χ3v) is 4.84. The number of rotatable bonds is 5. The molecule has 1 aromatic heterocycles.